The summed E-state index contributed by atoms with van der Waals surface area (Å²) in [6.45, 7) is 9.11. The Morgan fingerprint density at radius 2 is 1.79 bits per heavy atom. The smallest absolute Gasteiger partial charge is 0.0493 e. The first kappa shape index (κ1) is 14.5. The molecule has 1 saturated carbocycles. The van der Waals surface area contributed by atoms with E-state index < -0.39 is 0 Å². The molecule has 1 aliphatic carbocycles. The fourth-order valence-corrected chi connectivity index (χ4v) is 3.77. The average molecular weight is 260 g/mol. The Bertz CT molecular complexity index is 417. The first-order chi connectivity index (χ1) is 8.94. The lowest BCUT2D eigenvalue weighted by Gasteiger charge is -2.43. The summed E-state index contributed by atoms with van der Waals surface area (Å²) in [5, 5.41) is 0. The number of nitrogens with one attached hydrogen (secondary N) is 1. The van der Waals surface area contributed by atoms with Crippen molar-refractivity contribution in [3.05, 3.63) is 34.9 Å². The monoisotopic (exact) mass is 260 g/mol. The normalized spacial score (nSPS) is 24.2. The molecule has 1 aromatic rings. The molecule has 0 heterocycles. The van der Waals surface area contributed by atoms with Gasteiger partial charge in [-0.05, 0) is 43.6 Å². The quantitative estimate of drug-likeness (QED) is 0.636. The van der Waals surface area contributed by atoms with E-state index in [2.05, 4.69) is 51.3 Å². The van der Waals surface area contributed by atoms with Gasteiger partial charge in [0.15, 0.2) is 0 Å². The Labute approximate surface area is 117 Å². The van der Waals surface area contributed by atoms with Crippen LogP contribution in [0.1, 0.15) is 62.3 Å². The Morgan fingerprint density at radius 3 is 2.32 bits per heavy atom. The predicted octanol–water partition coefficient (Wildman–Crippen LogP) is 4.02. The van der Waals surface area contributed by atoms with E-state index in [1.165, 1.54) is 42.4 Å². The van der Waals surface area contributed by atoms with Gasteiger partial charge in [0.1, 0.15) is 0 Å². The average Bonchev–Trinajstić information content (AvgIpc) is 2.30. The zero-order valence-corrected chi connectivity index (χ0v) is 12.8. The van der Waals surface area contributed by atoms with E-state index in [-0.39, 0.29) is 6.04 Å². The van der Waals surface area contributed by atoms with Crippen LogP contribution in [-0.2, 0) is 0 Å². The Balaban J connectivity index is 2.33. The third-order valence-corrected chi connectivity index (χ3v) is 4.78. The zero-order valence-electron chi connectivity index (χ0n) is 12.8. The van der Waals surface area contributed by atoms with E-state index in [1.54, 1.807) is 0 Å². The highest BCUT2D eigenvalue weighted by molar-refractivity contribution is 5.31. The second kappa shape index (κ2) is 5.64. The van der Waals surface area contributed by atoms with Gasteiger partial charge in [0.05, 0.1) is 0 Å². The number of aryl methyl sites for hydroxylation is 2. The molecule has 0 aliphatic heterocycles. The van der Waals surface area contributed by atoms with Gasteiger partial charge in [-0.2, -0.15) is 0 Å². The molecule has 106 valence electrons. The molecule has 1 aromatic carbocycles. The summed E-state index contributed by atoms with van der Waals surface area (Å²) in [6, 6.07) is 7.06. The second-order valence-corrected chi connectivity index (χ2v) is 6.91. The molecule has 3 N–H and O–H groups in total. The van der Waals surface area contributed by atoms with Crippen molar-refractivity contribution in [1.29, 1.82) is 0 Å². The lowest BCUT2D eigenvalue weighted by Crippen LogP contribution is -2.41. The highest BCUT2D eigenvalue weighted by atomic mass is 15.2. The number of benzene rings is 1. The largest absolute Gasteiger partial charge is 0.271 e. The highest BCUT2D eigenvalue weighted by Gasteiger charge is 2.37. The highest BCUT2D eigenvalue weighted by Crippen LogP contribution is 2.46. The Kier molecular flexibility index (Phi) is 4.32. The number of hydrazine groups is 1. The van der Waals surface area contributed by atoms with Crippen LogP contribution in [-0.4, -0.2) is 0 Å². The van der Waals surface area contributed by atoms with Gasteiger partial charge in [-0.1, -0.05) is 56.0 Å². The predicted molar refractivity (Wildman–Crippen MR) is 81.7 cm³/mol. The first-order valence-corrected chi connectivity index (χ1v) is 7.48. The SMILES string of the molecule is Cc1cc(C)cc(C(NN)C2CCCCC2(C)C)c1. The Morgan fingerprint density at radius 1 is 1.16 bits per heavy atom. The van der Waals surface area contributed by atoms with Crippen molar-refractivity contribution in [1.82, 2.24) is 5.43 Å². The van der Waals surface area contributed by atoms with Gasteiger partial charge in [-0.15, -0.1) is 0 Å². The van der Waals surface area contributed by atoms with Gasteiger partial charge < -0.3 is 0 Å². The van der Waals surface area contributed by atoms with E-state index in [9.17, 15) is 0 Å². The molecule has 2 heteroatoms. The summed E-state index contributed by atoms with van der Waals surface area (Å²) in [7, 11) is 0. The molecule has 1 aliphatic rings. The van der Waals surface area contributed by atoms with Crippen molar-refractivity contribution in [3.63, 3.8) is 0 Å². The maximum absolute atomic E-state index is 5.91. The maximum Gasteiger partial charge on any atom is 0.0493 e. The number of hydrogen-bond donors (Lipinski definition) is 2. The van der Waals surface area contributed by atoms with Gasteiger partial charge in [0, 0.05) is 6.04 Å². The van der Waals surface area contributed by atoms with Crippen molar-refractivity contribution < 1.29 is 0 Å². The summed E-state index contributed by atoms with van der Waals surface area (Å²) < 4.78 is 0. The molecule has 0 saturated heterocycles. The standard InChI is InChI=1S/C17H28N2/c1-12-9-13(2)11-14(10-12)16(19-18)15-7-5-6-8-17(15,3)4/h9-11,15-16,19H,5-8,18H2,1-4H3. The minimum absolute atomic E-state index is 0.272. The van der Waals surface area contributed by atoms with Crippen LogP contribution in [0.2, 0.25) is 0 Å². The van der Waals surface area contributed by atoms with Gasteiger partial charge in [-0.3, -0.25) is 11.3 Å². The minimum Gasteiger partial charge on any atom is -0.271 e. The summed E-state index contributed by atoms with van der Waals surface area (Å²) in [5.41, 5.74) is 7.46. The molecule has 1 fully saturated rings. The Hall–Kier alpha value is -0.860. The van der Waals surface area contributed by atoms with E-state index >= 15 is 0 Å². The van der Waals surface area contributed by atoms with Crippen LogP contribution in [0.5, 0.6) is 0 Å². The summed E-state index contributed by atoms with van der Waals surface area (Å²) >= 11 is 0. The third kappa shape index (κ3) is 3.18. The van der Waals surface area contributed by atoms with Crippen LogP contribution in [0.15, 0.2) is 18.2 Å². The van der Waals surface area contributed by atoms with Crippen molar-refractivity contribution in [2.45, 2.75) is 59.4 Å². The summed E-state index contributed by atoms with van der Waals surface area (Å²) in [5.74, 6) is 6.52. The molecular weight excluding hydrogens is 232 g/mol. The van der Waals surface area contributed by atoms with Crippen LogP contribution in [0, 0.1) is 25.2 Å². The molecule has 0 amide bonds. The number of rotatable bonds is 3. The fraction of sp³-hybridized carbons (Fsp3) is 0.647. The lowest BCUT2D eigenvalue weighted by molar-refractivity contribution is 0.0982. The van der Waals surface area contributed by atoms with Crippen molar-refractivity contribution >= 4 is 0 Å². The van der Waals surface area contributed by atoms with Crippen LogP contribution in [0.25, 0.3) is 0 Å². The van der Waals surface area contributed by atoms with E-state index in [4.69, 9.17) is 5.84 Å². The second-order valence-electron chi connectivity index (χ2n) is 6.91. The molecular formula is C17H28N2. The molecule has 2 unspecified atom stereocenters. The molecule has 0 aromatic heterocycles. The summed E-state index contributed by atoms with van der Waals surface area (Å²) in [4.78, 5) is 0. The van der Waals surface area contributed by atoms with Crippen LogP contribution in [0.4, 0.5) is 0 Å². The zero-order chi connectivity index (χ0) is 14.0. The maximum atomic E-state index is 5.91. The summed E-state index contributed by atoms with van der Waals surface area (Å²) in [6.07, 6.45) is 5.26. The van der Waals surface area contributed by atoms with Gasteiger partial charge >= 0.3 is 0 Å². The van der Waals surface area contributed by atoms with Gasteiger partial charge in [0.25, 0.3) is 0 Å². The van der Waals surface area contributed by atoms with E-state index in [1.807, 2.05) is 0 Å². The van der Waals surface area contributed by atoms with Gasteiger partial charge in [-0.25, -0.2) is 0 Å². The van der Waals surface area contributed by atoms with Crippen molar-refractivity contribution in [2.24, 2.45) is 17.2 Å². The first-order valence-electron chi connectivity index (χ1n) is 7.48. The third-order valence-electron chi connectivity index (χ3n) is 4.78. The molecule has 2 nitrogen and oxygen atoms in total. The van der Waals surface area contributed by atoms with Crippen LogP contribution < -0.4 is 11.3 Å². The lowest BCUT2D eigenvalue weighted by atomic mass is 9.65. The minimum atomic E-state index is 0.272. The fourth-order valence-electron chi connectivity index (χ4n) is 3.77. The molecule has 0 spiro atoms. The number of hydrogen-bond acceptors (Lipinski definition) is 2. The molecule has 0 bridgehead atoms. The van der Waals surface area contributed by atoms with Crippen LogP contribution >= 0.6 is 0 Å². The van der Waals surface area contributed by atoms with Gasteiger partial charge in [0.2, 0.25) is 0 Å². The topological polar surface area (TPSA) is 38.0 Å². The molecule has 0 radical (unpaired) electrons. The van der Waals surface area contributed by atoms with Crippen LogP contribution in [0.3, 0.4) is 0 Å². The number of nitrogens with two attached hydrogens (primary N) is 1. The van der Waals surface area contributed by atoms with Crippen molar-refractivity contribution in [2.75, 3.05) is 0 Å². The molecule has 2 atom stereocenters. The molecule has 19 heavy (non-hydrogen) atoms. The van der Waals surface area contributed by atoms with E-state index in [0.717, 1.165) is 0 Å². The molecule has 2 rings (SSSR count). The van der Waals surface area contributed by atoms with Crippen molar-refractivity contribution in [3.8, 4) is 0 Å². The van der Waals surface area contributed by atoms with E-state index in [0.29, 0.717) is 11.3 Å².